The molecule has 0 unspecified atom stereocenters. The van der Waals surface area contributed by atoms with Crippen molar-refractivity contribution in [2.24, 2.45) is 0 Å². The number of carbonyl (C=O) groups excluding carboxylic acids is 2. The number of carbonyl (C=O) groups is 2. The Hall–Kier alpha value is -3.18. The summed E-state index contributed by atoms with van der Waals surface area (Å²) in [6.45, 7) is 4.23. The van der Waals surface area contributed by atoms with E-state index in [1.807, 2.05) is 44.2 Å². The minimum atomic E-state index is -0.351. The Morgan fingerprint density at radius 2 is 1.71 bits per heavy atom. The van der Waals surface area contributed by atoms with Crippen LogP contribution in [0.3, 0.4) is 0 Å². The topological polar surface area (TPSA) is 71.1 Å². The second kappa shape index (κ2) is 8.67. The van der Waals surface area contributed by atoms with Crippen molar-refractivity contribution in [3.63, 3.8) is 0 Å². The van der Waals surface area contributed by atoms with Gasteiger partial charge in [0.05, 0.1) is 0 Å². The van der Waals surface area contributed by atoms with Gasteiger partial charge in [0.25, 0.3) is 11.8 Å². The summed E-state index contributed by atoms with van der Waals surface area (Å²) in [5, 5.41) is 6.31. The molecular weight excluding hydrogens is 374 g/mol. The Labute approximate surface area is 168 Å². The molecule has 0 fully saturated rings. The first-order valence-corrected chi connectivity index (χ1v) is 9.17. The van der Waals surface area contributed by atoms with Gasteiger partial charge in [-0.3, -0.25) is 14.6 Å². The molecule has 2 aromatic carbocycles. The van der Waals surface area contributed by atoms with E-state index >= 15 is 0 Å². The van der Waals surface area contributed by atoms with Gasteiger partial charge < -0.3 is 10.6 Å². The average Bonchev–Trinajstić information content (AvgIpc) is 2.70. The van der Waals surface area contributed by atoms with Crippen LogP contribution in [0.2, 0.25) is 5.02 Å². The number of pyridine rings is 1. The smallest absolute Gasteiger partial charge is 0.270 e. The number of aryl methyl sites for hydroxylation is 2. The van der Waals surface area contributed by atoms with E-state index in [0.717, 1.165) is 22.4 Å². The van der Waals surface area contributed by atoms with Gasteiger partial charge in [0.2, 0.25) is 0 Å². The molecule has 0 atom stereocenters. The highest BCUT2D eigenvalue weighted by molar-refractivity contribution is 6.30. The molecule has 1 aromatic heterocycles. The first-order valence-electron chi connectivity index (χ1n) is 8.79. The monoisotopic (exact) mass is 393 g/mol. The first kappa shape index (κ1) is 19.6. The lowest BCUT2D eigenvalue weighted by atomic mass is 10.1. The molecule has 2 N–H and O–H groups in total. The van der Waals surface area contributed by atoms with Crippen LogP contribution in [-0.4, -0.2) is 16.8 Å². The van der Waals surface area contributed by atoms with Gasteiger partial charge in [-0.15, -0.1) is 0 Å². The lowest BCUT2D eigenvalue weighted by Crippen LogP contribution is -2.24. The Morgan fingerprint density at radius 3 is 2.46 bits per heavy atom. The number of benzene rings is 2. The van der Waals surface area contributed by atoms with Gasteiger partial charge in [0.15, 0.2) is 0 Å². The number of hydrogen-bond donors (Lipinski definition) is 2. The summed E-state index contributed by atoms with van der Waals surface area (Å²) < 4.78 is 0. The number of hydrogen-bond acceptors (Lipinski definition) is 3. The molecule has 0 aliphatic heterocycles. The zero-order valence-electron chi connectivity index (χ0n) is 15.6. The third-order valence-corrected chi connectivity index (χ3v) is 4.51. The molecule has 2 amide bonds. The maximum absolute atomic E-state index is 12.6. The molecule has 0 aliphatic rings. The van der Waals surface area contributed by atoms with Gasteiger partial charge in [-0.25, -0.2) is 0 Å². The number of aromatic nitrogens is 1. The van der Waals surface area contributed by atoms with Gasteiger partial charge in [-0.2, -0.15) is 0 Å². The highest BCUT2D eigenvalue weighted by Gasteiger charge is 2.13. The van der Waals surface area contributed by atoms with Crippen molar-refractivity contribution in [1.29, 1.82) is 0 Å². The Morgan fingerprint density at radius 1 is 0.964 bits per heavy atom. The van der Waals surface area contributed by atoms with Crippen molar-refractivity contribution in [3.8, 4) is 0 Å². The van der Waals surface area contributed by atoms with Gasteiger partial charge >= 0.3 is 0 Å². The molecule has 28 heavy (non-hydrogen) atoms. The molecule has 0 saturated heterocycles. The summed E-state index contributed by atoms with van der Waals surface area (Å²) in [6.07, 6.45) is 1.45. The minimum absolute atomic E-state index is 0.183. The normalized spacial score (nSPS) is 10.4. The zero-order chi connectivity index (χ0) is 20.1. The molecule has 0 aliphatic carbocycles. The number of rotatable bonds is 5. The molecule has 0 saturated carbocycles. The molecule has 3 aromatic rings. The molecular formula is C22H20ClN3O2. The molecule has 5 nitrogen and oxygen atoms in total. The fraction of sp³-hybridized carbons (Fsp3) is 0.136. The van der Waals surface area contributed by atoms with E-state index < -0.39 is 0 Å². The van der Waals surface area contributed by atoms with Crippen LogP contribution in [-0.2, 0) is 6.54 Å². The Balaban J connectivity index is 1.68. The van der Waals surface area contributed by atoms with E-state index in [1.54, 1.807) is 18.2 Å². The number of anilines is 1. The van der Waals surface area contributed by atoms with Gasteiger partial charge in [0.1, 0.15) is 5.69 Å². The molecule has 0 spiro atoms. The minimum Gasteiger partial charge on any atom is -0.347 e. The Kier molecular flexibility index (Phi) is 6.06. The van der Waals surface area contributed by atoms with Crippen LogP contribution in [0, 0.1) is 13.8 Å². The summed E-state index contributed by atoms with van der Waals surface area (Å²) >= 11 is 5.86. The van der Waals surface area contributed by atoms with Crippen LogP contribution in [0.15, 0.2) is 60.8 Å². The van der Waals surface area contributed by atoms with Crippen LogP contribution in [0.5, 0.6) is 0 Å². The first-order chi connectivity index (χ1) is 13.4. The van der Waals surface area contributed by atoms with E-state index in [9.17, 15) is 9.59 Å². The molecule has 1 heterocycles. The predicted octanol–water partition coefficient (Wildman–Crippen LogP) is 4.53. The van der Waals surface area contributed by atoms with Crippen LogP contribution < -0.4 is 10.6 Å². The number of halogens is 1. The average molecular weight is 394 g/mol. The van der Waals surface area contributed by atoms with E-state index in [-0.39, 0.29) is 17.5 Å². The lowest BCUT2D eigenvalue weighted by Gasteiger charge is -2.10. The summed E-state index contributed by atoms with van der Waals surface area (Å²) in [4.78, 5) is 29.0. The SMILES string of the molecule is Cc1ccc(C)c(NC(=O)c2ccnc(C(=O)NCc3ccc(Cl)cc3)c2)c1. The van der Waals surface area contributed by atoms with E-state index in [4.69, 9.17) is 11.6 Å². The number of nitrogens with one attached hydrogen (secondary N) is 2. The number of nitrogens with zero attached hydrogens (tertiary/aromatic N) is 1. The predicted molar refractivity (Wildman–Crippen MR) is 111 cm³/mol. The molecule has 0 bridgehead atoms. The van der Waals surface area contributed by atoms with Crippen LogP contribution in [0.4, 0.5) is 5.69 Å². The van der Waals surface area contributed by atoms with Crippen molar-refractivity contribution >= 4 is 29.1 Å². The zero-order valence-corrected chi connectivity index (χ0v) is 16.4. The van der Waals surface area contributed by atoms with E-state index in [2.05, 4.69) is 15.6 Å². The summed E-state index contributed by atoms with van der Waals surface area (Å²) in [7, 11) is 0. The third kappa shape index (κ3) is 4.96. The van der Waals surface area contributed by atoms with Crippen molar-refractivity contribution in [2.75, 3.05) is 5.32 Å². The van der Waals surface area contributed by atoms with Crippen LogP contribution >= 0.6 is 11.6 Å². The fourth-order valence-corrected chi connectivity index (χ4v) is 2.76. The van der Waals surface area contributed by atoms with Crippen molar-refractivity contribution in [3.05, 3.63) is 93.8 Å². The second-order valence-electron chi connectivity index (χ2n) is 6.51. The highest BCUT2D eigenvalue weighted by atomic mass is 35.5. The summed E-state index contributed by atoms with van der Waals surface area (Å²) in [5.74, 6) is -0.640. The fourth-order valence-electron chi connectivity index (χ4n) is 2.64. The quantitative estimate of drug-likeness (QED) is 0.668. The maximum Gasteiger partial charge on any atom is 0.270 e. The van der Waals surface area contributed by atoms with Gasteiger partial charge in [-0.1, -0.05) is 35.9 Å². The Bertz CT molecular complexity index is 1020. The second-order valence-corrected chi connectivity index (χ2v) is 6.95. The van der Waals surface area contributed by atoms with E-state index in [1.165, 1.54) is 12.3 Å². The van der Waals surface area contributed by atoms with Crippen LogP contribution in [0.25, 0.3) is 0 Å². The largest absolute Gasteiger partial charge is 0.347 e. The summed E-state index contributed by atoms with van der Waals surface area (Å²) in [5.41, 5.74) is 4.24. The van der Waals surface area contributed by atoms with Gasteiger partial charge in [-0.05, 0) is 60.9 Å². The van der Waals surface area contributed by atoms with Crippen molar-refractivity contribution < 1.29 is 9.59 Å². The molecule has 3 rings (SSSR count). The van der Waals surface area contributed by atoms with Crippen molar-refractivity contribution in [1.82, 2.24) is 10.3 Å². The standard InChI is InChI=1S/C22H20ClN3O2/c1-14-3-4-15(2)19(11-14)26-21(27)17-9-10-24-20(12-17)22(28)25-13-16-5-7-18(23)8-6-16/h3-12H,13H2,1-2H3,(H,25,28)(H,26,27). The molecule has 142 valence electrons. The van der Waals surface area contributed by atoms with Crippen LogP contribution in [0.1, 0.15) is 37.5 Å². The van der Waals surface area contributed by atoms with E-state index in [0.29, 0.717) is 17.1 Å². The highest BCUT2D eigenvalue weighted by Crippen LogP contribution is 2.17. The van der Waals surface area contributed by atoms with Crippen molar-refractivity contribution in [2.45, 2.75) is 20.4 Å². The van der Waals surface area contributed by atoms with Gasteiger partial charge in [0, 0.05) is 29.0 Å². The number of amides is 2. The molecule has 0 radical (unpaired) electrons. The lowest BCUT2D eigenvalue weighted by molar-refractivity contribution is 0.0946. The molecule has 6 heteroatoms. The third-order valence-electron chi connectivity index (χ3n) is 4.26. The maximum atomic E-state index is 12.6. The summed E-state index contributed by atoms with van der Waals surface area (Å²) in [6, 6.07) is 16.1.